The number of ether oxygens (including phenoxy) is 2. The Bertz CT molecular complexity index is 900. The zero-order chi connectivity index (χ0) is 18.5. The van der Waals surface area contributed by atoms with E-state index < -0.39 is 0 Å². The van der Waals surface area contributed by atoms with Gasteiger partial charge >= 0.3 is 5.97 Å². The Hall–Kier alpha value is -3.31. The summed E-state index contributed by atoms with van der Waals surface area (Å²) in [7, 11) is 1.62. The average Bonchev–Trinajstić information content (AvgIpc) is 2.66. The van der Waals surface area contributed by atoms with E-state index in [4.69, 9.17) is 20.0 Å². The van der Waals surface area contributed by atoms with Crippen molar-refractivity contribution in [1.82, 2.24) is 0 Å². The van der Waals surface area contributed by atoms with Gasteiger partial charge in [-0.3, -0.25) is 9.79 Å². The van der Waals surface area contributed by atoms with Crippen molar-refractivity contribution in [3.63, 3.8) is 0 Å². The van der Waals surface area contributed by atoms with Crippen LogP contribution >= 0.6 is 0 Å². The molecule has 1 aliphatic rings. The van der Waals surface area contributed by atoms with Crippen LogP contribution in [0.25, 0.3) is 10.4 Å². The quantitative estimate of drug-likeness (QED) is 0.353. The minimum atomic E-state index is -0.319. The van der Waals surface area contributed by atoms with E-state index in [9.17, 15) is 4.79 Å². The van der Waals surface area contributed by atoms with Gasteiger partial charge in [0.1, 0.15) is 12.4 Å². The number of aliphatic imine (C=N–C) groups is 1. The molecule has 2 aromatic rings. The van der Waals surface area contributed by atoms with Gasteiger partial charge in [-0.25, -0.2) is 0 Å². The molecule has 0 aliphatic carbocycles. The zero-order valence-corrected chi connectivity index (χ0v) is 14.5. The Morgan fingerprint density at radius 1 is 1.31 bits per heavy atom. The molecule has 7 heteroatoms. The van der Waals surface area contributed by atoms with E-state index >= 15 is 0 Å². The number of esters is 1. The van der Waals surface area contributed by atoms with Crippen LogP contribution in [0.1, 0.15) is 23.6 Å². The number of hydrogen-bond acceptors (Lipinski definition) is 5. The molecule has 0 aromatic heterocycles. The molecule has 2 aromatic carbocycles. The van der Waals surface area contributed by atoms with E-state index in [1.165, 1.54) is 6.92 Å². The van der Waals surface area contributed by atoms with Gasteiger partial charge in [0.25, 0.3) is 0 Å². The van der Waals surface area contributed by atoms with Crippen LogP contribution in [0.5, 0.6) is 5.75 Å². The largest absolute Gasteiger partial charge is 0.497 e. The number of carbonyl (C=O) groups excluding carboxylic acids is 1. The predicted octanol–water partition coefficient (Wildman–Crippen LogP) is 3.96. The summed E-state index contributed by atoms with van der Waals surface area (Å²) in [6.07, 6.45) is 0.687. The highest BCUT2D eigenvalue weighted by molar-refractivity contribution is 6.14. The topological polar surface area (TPSA) is 96.7 Å². The molecular weight excluding hydrogens is 332 g/mol. The van der Waals surface area contributed by atoms with Crippen LogP contribution in [0.15, 0.2) is 52.6 Å². The summed E-state index contributed by atoms with van der Waals surface area (Å²) >= 11 is 0. The second-order valence-electron chi connectivity index (χ2n) is 5.90. The molecule has 0 radical (unpaired) electrons. The monoisotopic (exact) mass is 350 g/mol. The molecule has 132 valence electrons. The lowest BCUT2D eigenvalue weighted by Crippen LogP contribution is -2.26. The Kier molecular flexibility index (Phi) is 5.20. The highest BCUT2D eigenvalue weighted by Gasteiger charge is 2.23. The Morgan fingerprint density at radius 2 is 2.08 bits per heavy atom. The number of nitrogens with zero attached hydrogens (tertiary/aromatic N) is 4. The fourth-order valence-corrected chi connectivity index (χ4v) is 2.91. The van der Waals surface area contributed by atoms with Crippen molar-refractivity contribution < 1.29 is 14.3 Å². The Morgan fingerprint density at radius 3 is 2.73 bits per heavy atom. The summed E-state index contributed by atoms with van der Waals surface area (Å²) < 4.78 is 10.5. The molecule has 0 spiro atoms. The van der Waals surface area contributed by atoms with Gasteiger partial charge in [-0.05, 0) is 29.6 Å². The lowest BCUT2D eigenvalue weighted by atomic mass is 9.90. The normalized spacial score (nSPS) is 15.3. The number of rotatable bonds is 5. The first-order chi connectivity index (χ1) is 12.6. The molecule has 0 amide bonds. The van der Waals surface area contributed by atoms with Crippen LogP contribution in [-0.4, -0.2) is 31.4 Å². The number of hydrogen-bond donors (Lipinski definition) is 0. The third kappa shape index (κ3) is 3.84. The summed E-state index contributed by atoms with van der Waals surface area (Å²) in [5, 5.41) is 3.59. The summed E-state index contributed by atoms with van der Waals surface area (Å²) in [4.78, 5) is 18.7. The molecule has 0 bridgehead atoms. The number of azide groups is 1. The number of benzene rings is 2. The van der Waals surface area contributed by atoms with Crippen molar-refractivity contribution in [2.24, 2.45) is 10.1 Å². The van der Waals surface area contributed by atoms with E-state index in [0.717, 1.165) is 28.2 Å². The lowest BCUT2D eigenvalue weighted by molar-refractivity contribution is -0.141. The predicted molar refractivity (Wildman–Crippen MR) is 98.0 cm³/mol. The van der Waals surface area contributed by atoms with Crippen LogP contribution in [0, 0.1) is 0 Å². The summed E-state index contributed by atoms with van der Waals surface area (Å²) in [6.45, 7) is 1.63. The highest BCUT2D eigenvalue weighted by atomic mass is 16.5. The zero-order valence-electron chi connectivity index (χ0n) is 14.5. The molecular formula is C19H18N4O3. The van der Waals surface area contributed by atoms with Crippen molar-refractivity contribution >= 4 is 17.4 Å². The molecule has 7 nitrogen and oxygen atoms in total. The molecule has 3 rings (SSSR count). The summed E-state index contributed by atoms with van der Waals surface area (Å²) in [5.74, 6) is 0.432. The van der Waals surface area contributed by atoms with Crippen molar-refractivity contribution in [2.45, 2.75) is 19.4 Å². The smallest absolute Gasteiger partial charge is 0.302 e. The first kappa shape index (κ1) is 17.5. The van der Waals surface area contributed by atoms with Gasteiger partial charge in [-0.15, -0.1) is 0 Å². The van der Waals surface area contributed by atoms with Crippen LogP contribution in [-0.2, 0) is 16.0 Å². The fourth-order valence-electron chi connectivity index (χ4n) is 2.91. The van der Waals surface area contributed by atoms with Crippen LogP contribution < -0.4 is 4.74 Å². The van der Waals surface area contributed by atoms with E-state index in [0.29, 0.717) is 12.1 Å². The second-order valence-corrected chi connectivity index (χ2v) is 5.90. The molecule has 0 unspecified atom stereocenters. The maximum atomic E-state index is 11.1. The van der Waals surface area contributed by atoms with Gasteiger partial charge in [0, 0.05) is 28.6 Å². The van der Waals surface area contributed by atoms with Crippen LogP contribution in [0.4, 0.5) is 5.69 Å². The molecule has 1 atom stereocenters. The van der Waals surface area contributed by atoms with Gasteiger partial charge in [0.05, 0.1) is 18.9 Å². The minimum Gasteiger partial charge on any atom is -0.497 e. The maximum absolute atomic E-state index is 11.1. The Balaban J connectivity index is 2.02. The first-order valence-electron chi connectivity index (χ1n) is 8.14. The van der Waals surface area contributed by atoms with Crippen molar-refractivity contribution in [3.8, 4) is 5.75 Å². The van der Waals surface area contributed by atoms with Crippen molar-refractivity contribution in [2.75, 3.05) is 13.7 Å². The van der Waals surface area contributed by atoms with E-state index in [1.54, 1.807) is 19.2 Å². The van der Waals surface area contributed by atoms with Gasteiger partial charge in [0.15, 0.2) is 0 Å². The highest BCUT2D eigenvalue weighted by Crippen LogP contribution is 2.28. The minimum absolute atomic E-state index is 0.147. The molecule has 0 saturated heterocycles. The number of methoxy groups -OCH3 is 1. The van der Waals surface area contributed by atoms with Gasteiger partial charge in [-0.2, -0.15) is 0 Å². The fraction of sp³-hybridized carbons (Fsp3) is 0.263. The van der Waals surface area contributed by atoms with Crippen molar-refractivity contribution in [3.05, 3.63) is 69.6 Å². The van der Waals surface area contributed by atoms with Crippen molar-refractivity contribution in [1.29, 1.82) is 0 Å². The standard InChI is InChI=1S/C19H18N4O3/c1-12(24)26-11-16-9-14-5-8-17(25-2)10-18(14)19(21-16)13-3-6-15(7-4-13)22-23-20/h3-8,10,16H,9,11H2,1-2H3/t16-/m0/s1. The van der Waals surface area contributed by atoms with Gasteiger partial charge < -0.3 is 9.47 Å². The Labute approximate surface area is 150 Å². The first-order valence-corrected chi connectivity index (χ1v) is 8.14. The van der Waals surface area contributed by atoms with E-state index in [-0.39, 0.29) is 18.6 Å². The molecule has 0 fully saturated rings. The molecule has 26 heavy (non-hydrogen) atoms. The van der Waals surface area contributed by atoms with Gasteiger partial charge in [-0.1, -0.05) is 35.4 Å². The number of fused-ring (bicyclic) bond motifs is 1. The molecule has 0 saturated carbocycles. The lowest BCUT2D eigenvalue weighted by Gasteiger charge is -2.24. The average molecular weight is 350 g/mol. The maximum Gasteiger partial charge on any atom is 0.302 e. The van der Waals surface area contributed by atoms with E-state index in [2.05, 4.69) is 10.0 Å². The van der Waals surface area contributed by atoms with Crippen LogP contribution in [0.2, 0.25) is 0 Å². The van der Waals surface area contributed by atoms with Gasteiger partial charge in [0.2, 0.25) is 0 Å². The van der Waals surface area contributed by atoms with Crippen LogP contribution in [0.3, 0.4) is 0 Å². The summed E-state index contributed by atoms with van der Waals surface area (Å²) in [6, 6.07) is 12.9. The SMILES string of the molecule is COc1ccc2c(c1)C(c1ccc(N=[N+]=[N-])cc1)=N[C@H](COC(C)=O)C2. The third-order valence-electron chi connectivity index (χ3n) is 4.12. The number of carbonyl (C=O) groups is 1. The molecule has 0 N–H and O–H groups in total. The second kappa shape index (κ2) is 7.72. The molecule has 1 aliphatic heterocycles. The molecule has 1 heterocycles. The third-order valence-corrected chi connectivity index (χ3v) is 4.12. The summed E-state index contributed by atoms with van der Waals surface area (Å²) in [5.41, 5.74) is 12.9. The van der Waals surface area contributed by atoms with E-state index in [1.807, 2.05) is 30.3 Å².